The quantitative estimate of drug-likeness (QED) is 0.421. The highest BCUT2D eigenvalue weighted by Gasteiger charge is 2.30. The SMILES string of the molecule is CC(C)(C)n1c2c(c3ccccc31)Cc1ccccc1-2. The number of hydrogen-bond donors (Lipinski definition) is 0. The highest BCUT2D eigenvalue weighted by molar-refractivity contribution is 5.95. The van der Waals surface area contributed by atoms with Crippen molar-refractivity contribution in [1.82, 2.24) is 4.57 Å². The monoisotopic (exact) mass is 261 g/mol. The fraction of sp³-hybridized carbons (Fsp3) is 0.263. The van der Waals surface area contributed by atoms with Gasteiger partial charge in [-0.05, 0) is 38.0 Å². The molecule has 0 aliphatic heterocycles. The number of fused-ring (bicyclic) bond motifs is 5. The van der Waals surface area contributed by atoms with E-state index in [1.54, 1.807) is 0 Å². The van der Waals surface area contributed by atoms with Crippen LogP contribution in [0.4, 0.5) is 0 Å². The Labute approximate surface area is 119 Å². The van der Waals surface area contributed by atoms with Crippen LogP contribution < -0.4 is 0 Å². The van der Waals surface area contributed by atoms with Crippen LogP contribution in [0.2, 0.25) is 0 Å². The standard InChI is InChI=1S/C19H19N/c1-19(2,3)20-17-11-7-6-10-15(17)16-12-13-8-4-5-9-14(13)18(16)20/h4-11H,12H2,1-3H3. The summed E-state index contributed by atoms with van der Waals surface area (Å²) in [4.78, 5) is 0. The minimum Gasteiger partial charge on any atom is -0.335 e. The lowest BCUT2D eigenvalue weighted by molar-refractivity contribution is 0.415. The summed E-state index contributed by atoms with van der Waals surface area (Å²) < 4.78 is 2.52. The predicted molar refractivity (Wildman–Crippen MR) is 85.2 cm³/mol. The van der Waals surface area contributed by atoms with E-state index in [0.717, 1.165) is 6.42 Å². The molecule has 0 amide bonds. The Morgan fingerprint density at radius 2 is 1.60 bits per heavy atom. The van der Waals surface area contributed by atoms with Crippen molar-refractivity contribution < 1.29 is 0 Å². The number of para-hydroxylation sites is 1. The topological polar surface area (TPSA) is 4.93 Å². The van der Waals surface area contributed by atoms with Gasteiger partial charge in [0.1, 0.15) is 0 Å². The lowest BCUT2D eigenvalue weighted by Gasteiger charge is -2.26. The van der Waals surface area contributed by atoms with E-state index in [1.165, 1.54) is 33.3 Å². The third-order valence-electron chi connectivity index (χ3n) is 4.29. The van der Waals surface area contributed by atoms with Crippen LogP contribution in [0.1, 0.15) is 31.9 Å². The molecule has 1 heterocycles. The van der Waals surface area contributed by atoms with Crippen molar-refractivity contribution in [3.8, 4) is 11.3 Å². The van der Waals surface area contributed by atoms with Crippen molar-refractivity contribution in [3.63, 3.8) is 0 Å². The zero-order valence-corrected chi connectivity index (χ0v) is 12.3. The number of rotatable bonds is 0. The molecule has 1 aromatic heterocycles. The van der Waals surface area contributed by atoms with Gasteiger partial charge in [-0.2, -0.15) is 0 Å². The van der Waals surface area contributed by atoms with Gasteiger partial charge in [0, 0.05) is 28.4 Å². The Morgan fingerprint density at radius 3 is 2.40 bits per heavy atom. The van der Waals surface area contributed by atoms with Crippen molar-refractivity contribution in [1.29, 1.82) is 0 Å². The third kappa shape index (κ3) is 1.44. The van der Waals surface area contributed by atoms with Crippen LogP contribution in [0.3, 0.4) is 0 Å². The van der Waals surface area contributed by atoms with E-state index in [2.05, 4.69) is 73.9 Å². The van der Waals surface area contributed by atoms with Gasteiger partial charge < -0.3 is 4.57 Å². The smallest absolute Gasteiger partial charge is 0.0535 e. The number of hydrogen-bond acceptors (Lipinski definition) is 0. The van der Waals surface area contributed by atoms with Crippen LogP contribution >= 0.6 is 0 Å². The largest absolute Gasteiger partial charge is 0.335 e. The van der Waals surface area contributed by atoms with E-state index in [4.69, 9.17) is 0 Å². The number of nitrogens with zero attached hydrogens (tertiary/aromatic N) is 1. The Kier molecular flexibility index (Phi) is 2.21. The molecule has 0 spiro atoms. The first-order chi connectivity index (χ1) is 9.57. The van der Waals surface area contributed by atoms with Crippen molar-refractivity contribution in [2.24, 2.45) is 0 Å². The first-order valence-corrected chi connectivity index (χ1v) is 7.28. The van der Waals surface area contributed by atoms with Gasteiger partial charge in [0.25, 0.3) is 0 Å². The fourth-order valence-electron chi connectivity index (χ4n) is 3.56. The molecule has 1 aliphatic rings. The summed E-state index contributed by atoms with van der Waals surface area (Å²) in [7, 11) is 0. The molecule has 2 aromatic carbocycles. The molecular formula is C19H19N. The third-order valence-corrected chi connectivity index (χ3v) is 4.29. The molecule has 0 unspecified atom stereocenters. The van der Waals surface area contributed by atoms with E-state index in [9.17, 15) is 0 Å². The summed E-state index contributed by atoms with van der Waals surface area (Å²) in [6, 6.07) is 17.6. The lowest BCUT2D eigenvalue weighted by atomic mass is 10.1. The van der Waals surface area contributed by atoms with Crippen LogP contribution in [0.25, 0.3) is 22.2 Å². The molecule has 3 aromatic rings. The molecule has 20 heavy (non-hydrogen) atoms. The zero-order chi connectivity index (χ0) is 13.9. The normalized spacial score (nSPS) is 13.6. The molecule has 100 valence electrons. The molecule has 0 saturated heterocycles. The van der Waals surface area contributed by atoms with Crippen LogP contribution in [0.15, 0.2) is 48.5 Å². The molecular weight excluding hydrogens is 242 g/mol. The van der Waals surface area contributed by atoms with Gasteiger partial charge in [0.15, 0.2) is 0 Å². The van der Waals surface area contributed by atoms with Gasteiger partial charge in [-0.15, -0.1) is 0 Å². The second kappa shape index (κ2) is 3.76. The molecule has 4 rings (SSSR count). The Balaban J connectivity index is 2.18. The zero-order valence-electron chi connectivity index (χ0n) is 12.3. The summed E-state index contributed by atoms with van der Waals surface area (Å²) in [5.74, 6) is 0. The van der Waals surface area contributed by atoms with E-state index >= 15 is 0 Å². The molecule has 0 radical (unpaired) electrons. The predicted octanol–water partition coefficient (Wildman–Crippen LogP) is 4.97. The second-order valence-electron chi connectivity index (χ2n) is 6.68. The second-order valence-corrected chi connectivity index (χ2v) is 6.68. The molecule has 1 aliphatic carbocycles. The fourth-order valence-corrected chi connectivity index (χ4v) is 3.56. The molecule has 0 bridgehead atoms. The Bertz CT molecular complexity index is 815. The van der Waals surface area contributed by atoms with Crippen molar-refractivity contribution in [2.45, 2.75) is 32.7 Å². The molecule has 0 atom stereocenters. The maximum Gasteiger partial charge on any atom is 0.0535 e. The first kappa shape index (κ1) is 11.8. The Hall–Kier alpha value is -2.02. The molecule has 1 nitrogen and oxygen atoms in total. The van der Waals surface area contributed by atoms with Gasteiger partial charge in [-0.25, -0.2) is 0 Å². The summed E-state index contributed by atoms with van der Waals surface area (Å²) in [6.07, 6.45) is 1.06. The van der Waals surface area contributed by atoms with E-state index in [-0.39, 0.29) is 5.54 Å². The van der Waals surface area contributed by atoms with E-state index in [0.29, 0.717) is 0 Å². The number of benzene rings is 2. The van der Waals surface area contributed by atoms with Gasteiger partial charge in [0.05, 0.1) is 5.69 Å². The Morgan fingerprint density at radius 1 is 0.900 bits per heavy atom. The van der Waals surface area contributed by atoms with E-state index in [1.807, 2.05) is 0 Å². The van der Waals surface area contributed by atoms with E-state index < -0.39 is 0 Å². The summed E-state index contributed by atoms with van der Waals surface area (Å²) in [6.45, 7) is 6.88. The van der Waals surface area contributed by atoms with Crippen molar-refractivity contribution in [3.05, 3.63) is 59.7 Å². The minimum atomic E-state index is 0.0879. The molecule has 0 saturated carbocycles. The number of aromatic nitrogens is 1. The van der Waals surface area contributed by atoms with Gasteiger partial charge >= 0.3 is 0 Å². The van der Waals surface area contributed by atoms with Crippen LogP contribution in [0, 0.1) is 0 Å². The molecule has 0 fully saturated rings. The van der Waals surface area contributed by atoms with Gasteiger partial charge in [-0.1, -0.05) is 42.5 Å². The highest BCUT2D eigenvalue weighted by Crippen LogP contribution is 2.44. The van der Waals surface area contributed by atoms with Gasteiger partial charge in [-0.3, -0.25) is 0 Å². The first-order valence-electron chi connectivity index (χ1n) is 7.28. The lowest BCUT2D eigenvalue weighted by Crippen LogP contribution is -2.22. The van der Waals surface area contributed by atoms with Gasteiger partial charge in [0.2, 0.25) is 0 Å². The van der Waals surface area contributed by atoms with Crippen molar-refractivity contribution >= 4 is 10.9 Å². The maximum absolute atomic E-state index is 2.52. The average Bonchev–Trinajstić information content (AvgIpc) is 2.92. The summed E-state index contributed by atoms with van der Waals surface area (Å²) in [5.41, 5.74) is 7.24. The maximum atomic E-state index is 2.52. The van der Waals surface area contributed by atoms with Crippen LogP contribution in [-0.4, -0.2) is 4.57 Å². The van der Waals surface area contributed by atoms with Crippen LogP contribution in [0.5, 0.6) is 0 Å². The summed E-state index contributed by atoms with van der Waals surface area (Å²) >= 11 is 0. The van der Waals surface area contributed by atoms with Crippen molar-refractivity contribution in [2.75, 3.05) is 0 Å². The molecule has 0 N–H and O–H groups in total. The summed E-state index contributed by atoms with van der Waals surface area (Å²) in [5, 5.41) is 1.41. The molecule has 1 heteroatoms. The average molecular weight is 261 g/mol. The highest BCUT2D eigenvalue weighted by atomic mass is 15.1. The minimum absolute atomic E-state index is 0.0879. The van der Waals surface area contributed by atoms with Crippen LogP contribution in [-0.2, 0) is 12.0 Å².